The molecule has 2 aliphatic rings. The van der Waals surface area contributed by atoms with Crippen molar-refractivity contribution in [3.05, 3.63) is 24.2 Å². The van der Waals surface area contributed by atoms with Crippen LogP contribution in [0.25, 0.3) is 0 Å². The van der Waals surface area contributed by atoms with E-state index in [-0.39, 0.29) is 5.76 Å². The topological polar surface area (TPSA) is 35.5 Å². The molecule has 1 aliphatic heterocycles. The molecule has 0 amide bonds. The van der Waals surface area contributed by atoms with E-state index in [1.54, 1.807) is 12.3 Å². The SMILES string of the molecule is CC1(C)CC(N2C=CC(O)=CN2)CC(C)(C)C1. The van der Waals surface area contributed by atoms with Crippen molar-refractivity contribution in [2.45, 2.75) is 53.0 Å². The van der Waals surface area contributed by atoms with Crippen LogP contribution in [0.3, 0.4) is 0 Å². The number of hydrazine groups is 1. The fraction of sp³-hybridized carbons (Fsp3) is 0.714. The Labute approximate surface area is 104 Å². The van der Waals surface area contributed by atoms with Crippen LogP contribution in [-0.4, -0.2) is 16.2 Å². The van der Waals surface area contributed by atoms with Crippen molar-refractivity contribution in [3.63, 3.8) is 0 Å². The first kappa shape index (κ1) is 12.3. The predicted octanol–water partition coefficient (Wildman–Crippen LogP) is 3.32. The smallest absolute Gasteiger partial charge is 0.134 e. The molecule has 0 saturated heterocycles. The van der Waals surface area contributed by atoms with Gasteiger partial charge in [0.25, 0.3) is 0 Å². The van der Waals surface area contributed by atoms with Crippen LogP contribution in [0.5, 0.6) is 0 Å². The minimum atomic E-state index is 0.288. The normalized spacial score (nSPS) is 27.5. The van der Waals surface area contributed by atoms with Crippen molar-refractivity contribution in [2.24, 2.45) is 10.8 Å². The summed E-state index contributed by atoms with van der Waals surface area (Å²) >= 11 is 0. The van der Waals surface area contributed by atoms with Gasteiger partial charge in [0.1, 0.15) is 5.76 Å². The number of aliphatic hydroxyl groups is 1. The van der Waals surface area contributed by atoms with E-state index in [2.05, 4.69) is 38.1 Å². The number of hydrogen-bond acceptors (Lipinski definition) is 3. The largest absolute Gasteiger partial charge is 0.506 e. The van der Waals surface area contributed by atoms with Gasteiger partial charge in [0, 0.05) is 6.20 Å². The number of nitrogens with one attached hydrogen (secondary N) is 1. The predicted molar refractivity (Wildman–Crippen MR) is 70.0 cm³/mol. The summed E-state index contributed by atoms with van der Waals surface area (Å²) in [5.41, 5.74) is 3.91. The van der Waals surface area contributed by atoms with Crippen molar-refractivity contribution < 1.29 is 5.11 Å². The first-order chi connectivity index (χ1) is 7.77. The maximum absolute atomic E-state index is 9.32. The van der Waals surface area contributed by atoms with Crippen LogP contribution in [0.2, 0.25) is 0 Å². The Morgan fingerprint density at radius 1 is 1.24 bits per heavy atom. The van der Waals surface area contributed by atoms with Crippen molar-refractivity contribution >= 4 is 0 Å². The lowest BCUT2D eigenvalue weighted by Crippen LogP contribution is -2.48. The molecule has 3 heteroatoms. The molecule has 1 saturated carbocycles. The number of nitrogens with zero attached hydrogens (tertiary/aromatic N) is 1. The number of rotatable bonds is 1. The van der Waals surface area contributed by atoms with Gasteiger partial charge in [-0.2, -0.15) is 0 Å². The zero-order chi connectivity index (χ0) is 12.7. The van der Waals surface area contributed by atoms with Crippen LogP contribution in [0.4, 0.5) is 0 Å². The fourth-order valence-corrected chi connectivity index (χ4v) is 3.60. The zero-order valence-corrected chi connectivity index (χ0v) is 11.3. The summed E-state index contributed by atoms with van der Waals surface area (Å²) < 4.78 is 0. The summed E-state index contributed by atoms with van der Waals surface area (Å²) in [6.07, 6.45) is 8.97. The lowest BCUT2D eigenvalue weighted by Gasteiger charge is -2.48. The Balaban J connectivity index is 2.09. The summed E-state index contributed by atoms with van der Waals surface area (Å²) in [6.45, 7) is 9.40. The quantitative estimate of drug-likeness (QED) is 0.733. The Bertz CT molecular complexity index is 339. The van der Waals surface area contributed by atoms with E-state index < -0.39 is 0 Å². The van der Waals surface area contributed by atoms with Gasteiger partial charge in [0.05, 0.1) is 12.2 Å². The molecule has 0 aromatic heterocycles. The molecule has 1 heterocycles. The summed E-state index contributed by atoms with van der Waals surface area (Å²) in [7, 11) is 0. The average Bonchev–Trinajstić information content (AvgIpc) is 2.13. The van der Waals surface area contributed by atoms with E-state index >= 15 is 0 Å². The molecular weight excluding hydrogens is 212 g/mol. The molecular formula is C14H24N2O. The second-order valence-corrected chi connectivity index (χ2v) is 6.99. The highest BCUT2D eigenvalue weighted by molar-refractivity contribution is 5.13. The molecule has 17 heavy (non-hydrogen) atoms. The van der Waals surface area contributed by atoms with Crippen LogP contribution in [0.15, 0.2) is 24.2 Å². The molecule has 1 fully saturated rings. The van der Waals surface area contributed by atoms with Gasteiger partial charge in [-0.1, -0.05) is 27.7 Å². The molecule has 3 nitrogen and oxygen atoms in total. The summed E-state index contributed by atoms with van der Waals surface area (Å²) in [5, 5.41) is 11.4. The molecule has 1 aliphatic carbocycles. The lowest BCUT2D eigenvalue weighted by molar-refractivity contribution is 0.0299. The van der Waals surface area contributed by atoms with Crippen molar-refractivity contribution in [3.8, 4) is 0 Å². The van der Waals surface area contributed by atoms with Gasteiger partial charge in [-0.3, -0.25) is 5.01 Å². The Kier molecular flexibility index (Phi) is 2.88. The van der Waals surface area contributed by atoms with Gasteiger partial charge in [-0.15, -0.1) is 0 Å². The van der Waals surface area contributed by atoms with Gasteiger partial charge in [-0.25, -0.2) is 0 Å². The standard InChI is InChI=1S/C14H24N2O/c1-13(2)7-11(8-14(3,4)10-13)16-6-5-12(17)9-15-16/h5-6,9,11,15,17H,7-8,10H2,1-4H3. The molecule has 0 atom stereocenters. The van der Waals surface area contributed by atoms with Crippen molar-refractivity contribution in [2.75, 3.05) is 0 Å². The third kappa shape index (κ3) is 2.96. The van der Waals surface area contributed by atoms with Gasteiger partial charge >= 0.3 is 0 Å². The monoisotopic (exact) mass is 236 g/mol. The highest BCUT2D eigenvalue weighted by Crippen LogP contribution is 2.47. The van der Waals surface area contributed by atoms with Crippen LogP contribution < -0.4 is 5.43 Å². The van der Waals surface area contributed by atoms with Crippen LogP contribution in [0.1, 0.15) is 47.0 Å². The zero-order valence-electron chi connectivity index (χ0n) is 11.3. The minimum Gasteiger partial charge on any atom is -0.506 e. The number of hydrogen-bond donors (Lipinski definition) is 2. The molecule has 0 unspecified atom stereocenters. The highest BCUT2D eigenvalue weighted by Gasteiger charge is 2.40. The maximum Gasteiger partial charge on any atom is 0.134 e. The van der Waals surface area contributed by atoms with Crippen molar-refractivity contribution in [1.29, 1.82) is 0 Å². The Morgan fingerprint density at radius 2 is 1.82 bits per heavy atom. The molecule has 96 valence electrons. The Hall–Kier alpha value is -1.12. The van der Waals surface area contributed by atoms with Gasteiger partial charge < -0.3 is 10.5 Å². The first-order valence-electron chi connectivity index (χ1n) is 6.39. The second-order valence-electron chi connectivity index (χ2n) is 6.99. The van der Waals surface area contributed by atoms with Gasteiger partial charge in [0.15, 0.2) is 0 Å². The molecule has 2 rings (SSSR count). The molecule has 0 spiro atoms. The molecule has 0 aromatic rings. The van der Waals surface area contributed by atoms with Crippen LogP contribution >= 0.6 is 0 Å². The third-order valence-electron chi connectivity index (χ3n) is 3.69. The number of aliphatic hydroxyl groups excluding tert-OH is 1. The van der Waals surface area contributed by atoms with Gasteiger partial charge in [0.2, 0.25) is 0 Å². The highest BCUT2D eigenvalue weighted by atomic mass is 16.3. The van der Waals surface area contributed by atoms with E-state index in [1.807, 2.05) is 6.20 Å². The molecule has 2 N–H and O–H groups in total. The Morgan fingerprint density at radius 3 is 2.29 bits per heavy atom. The fourth-order valence-electron chi connectivity index (χ4n) is 3.60. The summed E-state index contributed by atoms with van der Waals surface area (Å²) in [5.74, 6) is 0.288. The van der Waals surface area contributed by atoms with E-state index in [1.165, 1.54) is 19.3 Å². The molecule has 0 bridgehead atoms. The summed E-state index contributed by atoms with van der Waals surface area (Å²) in [4.78, 5) is 0. The minimum absolute atomic E-state index is 0.288. The first-order valence-corrected chi connectivity index (χ1v) is 6.39. The van der Waals surface area contributed by atoms with E-state index in [9.17, 15) is 5.11 Å². The average molecular weight is 236 g/mol. The lowest BCUT2D eigenvalue weighted by atomic mass is 9.63. The second kappa shape index (κ2) is 3.97. The van der Waals surface area contributed by atoms with E-state index in [0.29, 0.717) is 16.9 Å². The van der Waals surface area contributed by atoms with E-state index in [0.717, 1.165) is 0 Å². The molecule has 0 radical (unpaired) electrons. The number of allylic oxidation sites excluding steroid dienone is 1. The van der Waals surface area contributed by atoms with E-state index in [4.69, 9.17) is 0 Å². The van der Waals surface area contributed by atoms with Crippen LogP contribution in [0, 0.1) is 10.8 Å². The summed E-state index contributed by atoms with van der Waals surface area (Å²) in [6, 6.07) is 0.495. The van der Waals surface area contributed by atoms with Crippen molar-refractivity contribution in [1.82, 2.24) is 10.4 Å². The van der Waals surface area contributed by atoms with Gasteiger partial charge in [-0.05, 0) is 36.2 Å². The third-order valence-corrected chi connectivity index (χ3v) is 3.69. The maximum atomic E-state index is 9.32. The van der Waals surface area contributed by atoms with Crippen LogP contribution in [-0.2, 0) is 0 Å². The molecule has 0 aromatic carbocycles.